The summed E-state index contributed by atoms with van der Waals surface area (Å²) in [5.41, 5.74) is -0.146. The van der Waals surface area contributed by atoms with Gasteiger partial charge in [-0.3, -0.25) is 9.59 Å². The highest BCUT2D eigenvalue weighted by Crippen LogP contribution is 2.04. The summed E-state index contributed by atoms with van der Waals surface area (Å²) in [6.45, 7) is 3.22. The number of likely N-dealkylation sites (N-methyl/N-ethyl adjacent to an activating group) is 1. The highest BCUT2D eigenvalue weighted by atomic mass is 16.3. The van der Waals surface area contributed by atoms with Gasteiger partial charge in [0.1, 0.15) is 0 Å². The Morgan fingerprint density at radius 3 is 2.37 bits per heavy atom. The van der Waals surface area contributed by atoms with Crippen LogP contribution in [0.15, 0.2) is 30.3 Å². The predicted octanol–water partition coefficient (Wildman–Crippen LogP) is 0.646. The van der Waals surface area contributed by atoms with Gasteiger partial charge in [-0.05, 0) is 26.0 Å². The molecule has 1 aromatic rings. The van der Waals surface area contributed by atoms with Gasteiger partial charge in [0.15, 0.2) is 0 Å². The van der Waals surface area contributed by atoms with Gasteiger partial charge in [-0.2, -0.15) is 0 Å². The first kappa shape index (κ1) is 15.2. The summed E-state index contributed by atoms with van der Waals surface area (Å²) >= 11 is 0. The molecular formula is C14H20N2O3. The van der Waals surface area contributed by atoms with Crippen LogP contribution in [0.25, 0.3) is 0 Å². The minimum absolute atomic E-state index is 0.0445. The van der Waals surface area contributed by atoms with Crippen molar-refractivity contribution in [3.63, 3.8) is 0 Å². The van der Waals surface area contributed by atoms with E-state index in [9.17, 15) is 9.59 Å². The summed E-state index contributed by atoms with van der Waals surface area (Å²) in [5.74, 6) is -0.511. The largest absolute Gasteiger partial charge is 0.394 e. The Morgan fingerprint density at radius 1 is 1.26 bits per heavy atom. The molecule has 0 fully saturated rings. The Balaban J connectivity index is 2.58. The molecule has 1 aromatic carbocycles. The van der Waals surface area contributed by atoms with Gasteiger partial charge in [0, 0.05) is 12.6 Å². The smallest absolute Gasteiger partial charge is 0.254 e. The van der Waals surface area contributed by atoms with Crippen molar-refractivity contribution in [2.75, 3.05) is 20.2 Å². The van der Waals surface area contributed by atoms with Gasteiger partial charge in [0.05, 0.1) is 18.7 Å². The molecule has 0 aliphatic rings. The Hall–Kier alpha value is -1.88. The Labute approximate surface area is 113 Å². The summed E-state index contributed by atoms with van der Waals surface area (Å²) < 4.78 is 0. The molecule has 104 valence electrons. The van der Waals surface area contributed by atoms with Gasteiger partial charge in [-0.15, -0.1) is 0 Å². The van der Waals surface area contributed by atoms with E-state index in [-0.39, 0.29) is 25.0 Å². The molecule has 0 bridgehead atoms. The standard InChI is InChI=1S/C14H20N2O3/c1-14(2,10-17)15-12(18)9-16(3)13(19)11-7-5-4-6-8-11/h4-8,17H,9-10H2,1-3H3,(H,15,18). The lowest BCUT2D eigenvalue weighted by Gasteiger charge is -2.25. The molecule has 0 atom stereocenters. The summed E-state index contributed by atoms with van der Waals surface area (Å²) in [6.07, 6.45) is 0. The summed E-state index contributed by atoms with van der Waals surface area (Å²) in [7, 11) is 1.57. The summed E-state index contributed by atoms with van der Waals surface area (Å²) in [5, 5.41) is 11.7. The third-order valence-electron chi connectivity index (χ3n) is 2.62. The number of amides is 2. The highest BCUT2D eigenvalue weighted by Gasteiger charge is 2.21. The molecule has 0 saturated carbocycles. The van der Waals surface area contributed by atoms with Crippen LogP contribution in [0.2, 0.25) is 0 Å². The normalized spacial score (nSPS) is 10.9. The number of hydrogen-bond donors (Lipinski definition) is 2. The molecule has 0 spiro atoms. The Kier molecular flexibility index (Phi) is 5.06. The first-order chi connectivity index (χ1) is 8.85. The van der Waals surface area contributed by atoms with Crippen molar-refractivity contribution in [3.05, 3.63) is 35.9 Å². The third kappa shape index (κ3) is 4.71. The number of nitrogens with zero attached hydrogens (tertiary/aromatic N) is 1. The molecule has 2 N–H and O–H groups in total. The number of carbonyl (C=O) groups is 2. The van der Waals surface area contributed by atoms with E-state index < -0.39 is 5.54 Å². The highest BCUT2D eigenvalue weighted by molar-refractivity contribution is 5.96. The maximum absolute atomic E-state index is 12.0. The molecule has 0 unspecified atom stereocenters. The summed E-state index contributed by atoms with van der Waals surface area (Å²) in [6, 6.07) is 8.78. The van der Waals surface area contributed by atoms with Crippen LogP contribution in [0.5, 0.6) is 0 Å². The van der Waals surface area contributed by atoms with Crippen molar-refractivity contribution in [2.24, 2.45) is 0 Å². The van der Waals surface area contributed by atoms with Gasteiger partial charge in [-0.1, -0.05) is 18.2 Å². The maximum Gasteiger partial charge on any atom is 0.254 e. The van der Waals surface area contributed by atoms with Crippen LogP contribution in [0.3, 0.4) is 0 Å². The molecule has 0 aliphatic heterocycles. The van der Waals surface area contributed by atoms with Crippen molar-refractivity contribution in [2.45, 2.75) is 19.4 Å². The second-order valence-corrected chi connectivity index (χ2v) is 5.12. The van der Waals surface area contributed by atoms with E-state index in [0.717, 1.165) is 0 Å². The third-order valence-corrected chi connectivity index (χ3v) is 2.62. The molecule has 0 aromatic heterocycles. The van der Waals surface area contributed by atoms with Crippen LogP contribution in [0.4, 0.5) is 0 Å². The monoisotopic (exact) mass is 264 g/mol. The van der Waals surface area contributed by atoms with Gasteiger partial charge < -0.3 is 15.3 Å². The van der Waals surface area contributed by atoms with E-state index in [1.165, 1.54) is 4.90 Å². The Bertz CT molecular complexity index is 443. The van der Waals surface area contributed by atoms with Crippen molar-refractivity contribution < 1.29 is 14.7 Å². The lowest BCUT2D eigenvalue weighted by molar-refractivity contribution is -0.123. The van der Waals surface area contributed by atoms with E-state index in [4.69, 9.17) is 5.11 Å². The number of aliphatic hydroxyl groups excluding tert-OH is 1. The first-order valence-electron chi connectivity index (χ1n) is 6.08. The van der Waals surface area contributed by atoms with E-state index in [1.807, 2.05) is 6.07 Å². The lowest BCUT2D eigenvalue weighted by Crippen LogP contribution is -2.50. The average molecular weight is 264 g/mol. The molecule has 2 amide bonds. The first-order valence-corrected chi connectivity index (χ1v) is 6.08. The fourth-order valence-corrected chi connectivity index (χ4v) is 1.54. The fraction of sp³-hybridized carbons (Fsp3) is 0.429. The SMILES string of the molecule is CN(CC(=O)NC(C)(C)CO)C(=O)c1ccccc1. The minimum atomic E-state index is -0.687. The van der Waals surface area contributed by atoms with Gasteiger partial charge >= 0.3 is 0 Å². The Morgan fingerprint density at radius 2 is 1.84 bits per heavy atom. The topological polar surface area (TPSA) is 69.6 Å². The molecule has 1 rings (SSSR count). The van der Waals surface area contributed by atoms with Gasteiger partial charge in [0.2, 0.25) is 5.91 Å². The second-order valence-electron chi connectivity index (χ2n) is 5.12. The molecule has 0 heterocycles. The van der Waals surface area contributed by atoms with Gasteiger partial charge in [-0.25, -0.2) is 0 Å². The molecule has 5 nitrogen and oxygen atoms in total. The van der Waals surface area contributed by atoms with Crippen molar-refractivity contribution in [3.8, 4) is 0 Å². The molecular weight excluding hydrogens is 244 g/mol. The van der Waals surface area contributed by atoms with Crippen LogP contribution in [-0.4, -0.2) is 47.6 Å². The van der Waals surface area contributed by atoms with Crippen LogP contribution >= 0.6 is 0 Å². The number of aliphatic hydroxyl groups is 1. The summed E-state index contributed by atoms with van der Waals surface area (Å²) in [4.78, 5) is 25.1. The number of hydrogen-bond acceptors (Lipinski definition) is 3. The number of rotatable bonds is 5. The maximum atomic E-state index is 12.0. The predicted molar refractivity (Wildman–Crippen MR) is 72.7 cm³/mol. The average Bonchev–Trinajstić information content (AvgIpc) is 2.38. The number of carbonyl (C=O) groups excluding carboxylic acids is 2. The molecule has 0 aliphatic carbocycles. The molecule has 0 radical (unpaired) electrons. The zero-order valence-electron chi connectivity index (χ0n) is 11.5. The quantitative estimate of drug-likeness (QED) is 0.820. The van der Waals surface area contributed by atoms with Crippen LogP contribution in [0, 0.1) is 0 Å². The van der Waals surface area contributed by atoms with Gasteiger partial charge in [0.25, 0.3) is 5.91 Å². The van der Waals surface area contributed by atoms with E-state index in [0.29, 0.717) is 5.56 Å². The van der Waals surface area contributed by atoms with Crippen molar-refractivity contribution in [1.82, 2.24) is 10.2 Å². The zero-order chi connectivity index (χ0) is 14.5. The fourth-order valence-electron chi connectivity index (χ4n) is 1.54. The van der Waals surface area contributed by atoms with E-state index >= 15 is 0 Å². The number of benzene rings is 1. The van der Waals surface area contributed by atoms with E-state index in [2.05, 4.69) is 5.32 Å². The molecule has 5 heteroatoms. The van der Waals surface area contributed by atoms with Crippen molar-refractivity contribution >= 4 is 11.8 Å². The van der Waals surface area contributed by atoms with Crippen molar-refractivity contribution in [1.29, 1.82) is 0 Å². The molecule has 19 heavy (non-hydrogen) atoms. The second kappa shape index (κ2) is 6.33. The van der Waals surface area contributed by atoms with Crippen LogP contribution in [0.1, 0.15) is 24.2 Å². The number of nitrogens with one attached hydrogen (secondary N) is 1. The zero-order valence-corrected chi connectivity index (χ0v) is 11.5. The van der Waals surface area contributed by atoms with Crippen LogP contribution in [-0.2, 0) is 4.79 Å². The lowest BCUT2D eigenvalue weighted by atomic mass is 10.1. The molecule has 0 saturated heterocycles. The van der Waals surface area contributed by atoms with E-state index in [1.54, 1.807) is 45.2 Å². The minimum Gasteiger partial charge on any atom is -0.394 e. The van der Waals surface area contributed by atoms with Crippen LogP contribution < -0.4 is 5.32 Å².